The van der Waals surface area contributed by atoms with Crippen LogP contribution in [0.3, 0.4) is 0 Å². The minimum atomic E-state index is -2.13. The summed E-state index contributed by atoms with van der Waals surface area (Å²) in [6, 6.07) is 1.75. The third-order valence-corrected chi connectivity index (χ3v) is 4.11. The molecule has 10 nitrogen and oxygen atoms in total. The van der Waals surface area contributed by atoms with Crippen molar-refractivity contribution in [1.29, 1.82) is 5.41 Å². The van der Waals surface area contributed by atoms with Gasteiger partial charge < -0.3 is 35.1 Å². The molecule has 0 radical (unpaired) electrons. The van der Waals surface area contributed by atoms with Crippen LogP contribution in [-0.4, -0.2) is 50.2 Å². The van der Waals surface area contributed by atoms with E-state index in [9.17, 15) is 15.0 Å². The number of hydrogen-bond acceptors (Lipinski definition) is 9. The van der Waals surface area contributed by atoms with E-state index in [4.69, 9.17) is 25.4 Å². The Balaban J connectivity index is 1.97. The average molecular weight is 364 g/mol. The van der Waals surface area contributed by atoms with Crippen LogP contribution in [0, 0.1) is 5.41 Å². The smallest absolute Gasteiger partial charge is 0.305 e. The van der Waals surface area contributed by atoms with Crippen molar-refractivity contribution >= 4 is 28.6 Å². The highest BCUT2D eigenvalue weighted by Gasteiger charge is 2.55. The monoisotopic (exact) mass is 364 g/mol. The van der Waals surface area contributed by atoms with Gasteiger partial charge in [0.2, 0.25) is 12.1 Å². The molecule has 140 valence electrons. The Morgan fingerprint density at radius 3 is 2.96 bits per heavy atom. The number of aromatic amines is 1. The summed E-state index contributed by atoms with van der Waals surface area (Å²) in [6.07, 6.45) is -0.864. The topological polar surface area (TPSA) is 164 Å². The average Bonchev–Trinajstić information content (AvgIpc) is 3.11. The first-order valence-electron chi connectivity index (χ1n) is 7.90. The summed E-state index contributed by atoms with van der Waals surface area (Å²) in [5.74, 6) is -2.83. The Morgan fingerprint density at radius 1 is 1.58 bits per heavy atom. The van der Waals surface area contributed by atoms with Gasteiger partial charge in [0.05, 0.1) is 11.6 Å². The molecule has 1 aliphatic heterocycles. The van der Waals surface area contributed by atoms with Crippen LogP contribution in [0.15, 0.2) is 18.5 Å². The van der Waals surface area contributed by atoms with E-state index in [2.05, 4.69) is 9.97 Å². The van der Waals surface area contributed by atoms with Gasteiger partial charge in [-0.1, -0.05) is 0 Å². The van der Waals surface area contributed by atoms with Crippen molar-refractivity contribution in [2.45, 2.75) is 44.6 Å². The third-order valence-electron chi connectivity index (χ3n) is 4.11. The zero-order valence-corrected chi connectivity index (χ0v) is 14.2. The Bertz CT molecular complexity index is 852. The van der Waals surface area contributed by atoms with Gasteiger partial charge in [-0.05, 0) is 6.07 Å². The lowest BCUT2D eigenvalue weighted by Crippen LogP contribution is -2.49. The van der Waals surface area contributed by atoms with Gasteiger partial charge in [-0.15, -0.1) is 0 Å². The summed E-state index contributed by atoms with van der Waals surface area (Å²) in [5.41, 5.74) is 7.08. The molecule has 2 aromatic rings. The van der Waals surface area contributed by atoms with Gasteiger partial charge in [0, 0.05) is 43.6 Å². The molecule has 2 unspecified atom stereocenters. The molecule has 10 heteroatoms. The molecule has 0 saturated carbocycles. The van der Waals surface area contributed by atoms with Gasteiger partial charge in [-0.25, -0.2) is 4.98 Å². The molecule has 3 heterocycles. The molecule has 4 atom stereocenters. The van der Waals surface area contributed by atoms with E-state index < -0.39 is 30.3 Å². The molecule has 2 aromatic heterocycles. The Morgan fingerprint density at radius 2 is 2.31 bits per heavy atom. The summed E-state index contributed by atoms with van der Waals surface area (Å²) in [6.45, 7) is 2.44. The first-order chi connectivity index (χ1) is 12.2. The molecule has 0 spiro atoms. The summed E-state index contributed by atoms with van der Waals surface area (Å²) in [4.78, 5) is 18.6. The number of aliphatic hydroxyl groups is 2. The number of aliphatic hydroxyl groups excluding tert-OH is 1. The lowest BCUT2D eigenvalue weighted by Gasteiger charge is -2.30. The second-order valence-corrected chi connectivity index (χ2v) is 6.12. The molecule has 26 heavy (non-hydrogen) atoms. The number of nitrogens with two attached hydrogens (primary N) is 1. The summed E-state index contributed by atoms with van der Waals surface area (Å²) in [5, 5.41) is 29.0. The largest absolute Gasteiger partial charge is 0.450 e. The van der Waals surface area contributed by atoms with E-state index in [1.165, 1.54) is 13.1 Å². The molecule has 0 amide bonds. The van der Waals surface area contributed by atoms with E-state index in [1.54, 1.807) is 12.3 Å². The molecule has 0 bridgehead atoms. The number of nitrogens with one attached hydrogen (secondary N) is 2. The van der Waals surface area contributed by atoms with Crippen LogP contribution in [0.2, 0.25) is 0 Å². The van der Waals surface area contributed by atoms with Crippen molar-refractivity contribution in [1.82, 2.24) is 9.97 Å². The Kier molecular flexibility index (Phi) is 4.57. The lowest BCUT2D eigenvalue weighted by molar-refractivity contribution is -0.262. The molecule has 1 fully saturated rings. The van der Waals surface area contributed by atoms with Gasteiger partial charge >= 0.3 is 5.97 Å². The second kappa shape index (κ2) is 6.56. The fraction of sp³-hybridized carbons (Fsp3) is 0.438. The van der Waals surface area contributed by atoms with Crippen molar-refractivity contribution in [3.63, 3.8) is 0 Å². The molecule has 0 aliphatic carbocycles. The SMILES string of the molecule is CC(=N)OC(O)[C@H]1OC(c2cnc(N)c3cc[nH]c23)C[C@@]1(O)OC(C)=O. The van der Waals surface area contributed by atoms with Gasteiger partial charge in [0.25, 0.3) is 0 Å². The van der Waals surface area contributed by atoms with Crippen LogP contribution < -0.4 is 5.73 Å². The first kappa shape index (κ1) is 18.1. The summed E-state index contributed by atoms with van der Waals surface area (Å²) < 4.78 is 15.7. The molecule has 0 aromatic carbocycles. The van der Waals surface area contributed by atoms with E-state index >= 15 is 0 Å². The van der Waals surface area contributed by atoms with Crippen molar-refractivity contribution in [3.8, 4) is 0 Å². The van der Waals surface area contributed by atoms with Crippen molar-refractivity contribution < 1.29 is 29.2 Å². The standard InChI is InChI=1S/C16H20N4O6/c1-7(17)24-15(22)13-16(23,26-8(2)21)5-11(25-13)10-6-20-14(18)9-3-4-19-12(9)10/h3-4,6,11,13,15,17,19,22-23H,5H2,1-2H3,(H2,18,20)/t11?,13-,15?,16-/m1/s1. The maximum atomic E-state index is 11.4. The molecular formula is C16H20N4O6. The maximum Gasteiger partial charge on any atom is 0.305 e. The van der Waals surface area contributed by atoms with E-state index in [0.29, 0.717) is 22.3 Å². The third kappa shape index (κ3) is 3.21. The fourth-order valence-corrected chi connectivity index (χ4v) is 3.12. The number of aromatic nitrogens is 2. The fourth-order valence-electron chi connectivity index (χ4n) is 3.12. The van der Waals surface area contributed by atoms with Crippen molar-refractivity contribution in [3.05, 3.63) is 24.0 Å². The molecule has 6 N–H and O–H groups in total. The van der Waals surface area contributed by atoms with E-state index in [0.717, 1.165) is 6.92 Å². The highest BCUT2D eigenvalue weighted by molar-refractivity contribution is 5.91. The number of H-pyrrole nitrogens is 1. The minimum Gasteiger partial charge on any atom is -0.450 e. The predicted molar refractivity (Wildman–Crippen MR) is 89.9 cm³/mol. The van der Waals surface area contributed by atoms with Gasteiger partial charge in [-0.2, -0.15) is 0 Å². The van der Waals surface area contributed by atoms with Gasteiger partial charge in [-0.3, -0.25) is 10.2 Å². The highest BCUT2D eigenvalue weighted by Crippen LogP contribution is 2.44. The number of pyridine rings is 1. The number of nitrogen functional groups attached to an aromatic ring is 1. The quantitative estimate of drug-likeness (QED) is 0.227. The zero-order chi connectivity index (χ0) is 19.1. The van der Waals surface area contributed by atoms with Crippen LogP contribution in [0.1, 0.15) is 31.9 Å². The predicted octanol–water partition coefficient (Wildman–Crippen LogP) is 0.559. The molecule has 1 saturated heterocycles. The Hall–Kier alpha value is -2.69. The van der Waals surface area contributed by atoms with E-state index in [-0.39, 0.29) is 12.3 Å². The normalized spacial score (nSPS) is 26.6. The number of nitrogens with zero attached hydrogens (tertiary/aromatic N) is 1. The van der Waals surface area contributed by atoms with Crippen molar-refractivity contribution in [2.75, 3.05) is 5.73 Å². The summed E-state index contributed by atoms with van der Waals surface area (Å²) in [7, 11) is 0. The number of fused-ring (bicyclic) bond motifs is 1. The Labute approximate surface area is 148 Å². The molecule has 3 rings (SSSR count). The van der Waals surface area contributed by atoms with E-state index in [1.807, 2.05) is 0 Å². The van der Waals surface area contributed by atoms with Crippen LogP contribution in [0.5, 0.6) is 0 Å². The number of hydrogen-bond donors (Lipinski definition) is 5. The first-order valence-corrected chi connectivity index (χ1v) is 7.90. The number of carbonyl (C=O) groups excluding carboxylic acids is 1. The number of rotatable bonds is 4. The lowest BCUT2D eigenvalue weighted by atomic mass is 10.0. The van der Waals surface area contributed by atoms with Crippen LogP contribution in [-0.2, 0) is 19.0 Å². The second-order valence-electron chi connectivity index (χ2n) is 6.12. The van der Waals surface area contributed by atoms with Gasteiger partial charge in [0.1, 0.15) is 5.82 Å². The molecular weight excluding hydrogens is 344 g/mol. The molecule has 1 aliphatic rings. The minimum absolute atomic E-state index is 0.158. The number of anilines is 1. The summed E-state index contributed by atoms with van der Waals surface area (Å²) >= 11 is 0. The zero-order valence-electron chi connectivity index (χ0n) is 14.2. The van der Waals surface area contributed by atoms with Crippen LogP contribution in [0.4, 0.5) is 5.82 Å². The number of ether oxygens (including phenoxy) is 3. The highest BCUT2D eigenvalue weighted by atomic mass is 16.7. The number of carbonyl (C=O) groups is 1. The van der Waals surface area contributed by atoms with Crippen LogP contribution in [0.25, 0.3) is 10.9 Å². The number of esters is 1. The van der Waals surface area contributed by atoms with Crippen LogP contribution >= 0.6 is 0 Å². The maximum absolute atomic E-state index is 11.4. The van der Waals surface area contributed by atoms with Crippen molar-refractivity contribution in [2.24, 2.45) is 0 Å². The van der Waals surface area contributed by atoms with Gasteiger partial charge in [0.15, 0.2) is 12.0 Å².